The summed E-state index contributed by atoms with van der Waals surface area (Å²) in [4.78, 5) is 0. The van der Waals surface area contributed by atoms with E-state index in [2.05, 4.69) is 34.8 Å². The molecule has 0 bridgehead atoms. The third-order valence-corrected chi connectivity index (χ3v) is 4.22. The molecule has 0 spiro atoms. The van der Waals surface area contributed by atoms with Crippen molar-refractivity contribution in [2.75, 3.05) is 5.32 Å². The molecule has 0 radical (unpaired) electrons. The zero-order chi connectivity index (χ0) is 11.0. The summed E-state index contributed by atoms with van der Waals surface area (Å²) < 4.78 is 4.46. The number of nitrogens with zero attached hydrogens (tertiary/aromatic N) is 1. The van der Waals surface area contributed by atoms with E-state index < -0.39 is 0 Å². The van der Waals surface area contributed by atoms with Crippen LogP contribution in [0.5, 0.6) is 0 Å². The smallest absolute Gasteiger partial charge is 0.117 e. The van der Waals surface area contributed by atoms with E-state index in [1.54, 1.807) is 11.5 Å². The molecule has 1 heterocycles. The molecule has 1 fully saturated rings. The molecule has 2 atom stereocenters. The van der Waals surface area contributed by atoms with E-state index in [1.807, 2.05) is 6.07 Å². The summed E-state index contributed by atoms with van der Waals surface area (Å²) in [7, 11) is 0. The van der Waals surface area contributed by atoms with Gasteiger partial charge in [0, 0.05) is 11.4 Å². The predicted molar refractivity (Wildman–Crippen MR) is 70.0 cm³/mol. The van der Waals surface area contributed by atoms with Gasteiger partial charge in [-0.2, -0.15) is 4.37 Å². The van der Waals surface area contributed by atoms with Gasteiger partial charge in [0.2, 0.25) is 0 Å². The highest BCUT2D eigenvalue weighted by Crippen LogP contribution is 2.32. The first kappa shape index (κ1) is 10.1. The standard InChI is InChI=1S/C13H16N2S/c1-9-6-7-10(8-9)14-13-11-4-2-3-5-12(11)15-16-13/h2-5,9-10,14H,6-8H2,1H3. The van der Waals surface area contributed by atoms with Crippen molar-refractivity contribution in [2.45, 2.75) is 32.2 Å². The summed E-state index contributed by atoms with van der Waals surface area (Å²) in [5, 5.41) is 6.17. The van der Waals surface area contributed by atoms with Gasteiger partial charge < -0.3 is 5.32 Å². The number of hydrogen-bond donors (Lipinski definition) is 1. The van der Waals surface area contributed by atoms with E-state index in [1.165, 1.54) is 29.6 Å². The predicted octanol–water partition coefficient (Wildman–Crippen LogP) is 3.90. The van der Waals surface area contributed by atoms with Crippen LogP contribution < -0.4 is 5.32 Å². The first-order valence-corrected chi connectivity index (χ1v) is 6.71. The minimum atomic E-state index is 0.652. The molecule has 1 saturated carbocycles. The minimum Gasteiger partial charge on any atom is -0.372 e. The molecule has 0 saturated heterocycles. The Morgan fingerprint density at radius 2 is 2.19 bits per heavy atom. The number of aromatic nitrogens is 1. The van der Waals surface area contributed by atoms with E-state index in [0.29, 0.717) is 6.04 Å². The van der Waals surface area contributed by atoms with Crippen LogP contribution in [0.25, 0.3) is 10.9 Å². The zero-order valence-electron chi connectivity index (χ0n) is 9.44. The van der Waals surface area contributed by atoms with E-state index in [4.69, 9.17) is 0 Å². The fraction of sp³-hybridized carbons (Fsp3) is 0.462. The lowest BCUT2D eigenvalue weighted by atomic mass is 10.1. The second-order valence-electron chi connectivity index (χ2n) is 4.79. The first-order valence-electron chi connectivity index (χ1n) is 5.94. The van der Waals surface area contributed by atoms with Crippen molar-refractivity contribution in [3.8, 4) is 0 Å². The SMILES string of the molecule is CC1CCC(Nc2snc3ccccc23)C1. The lowest BCUT2D eigenvalue weighted by molar-refractivity contribution is 0.603. The molecule has 3 rings (SSSR count). The van der Waals surface area contributed by atoms with Crippen molar-refractivity contribution in [1.82, 2.24) is 4.37 Å². The van der Waals surface area contributed by atoms with Crippen LogP contribution in [0.15, 0.2) is 24.3 Å². The van der Waals surface area contributed by atoms with Gasteiger partial charge >= 0.3 is 0 Å². The van der Waals surface area contributed by atoms with Gasteiger partial charge in [-0.25, -0.2) is 0 Å². The van der Waals surface area contributed by atoms with Crippen molar-refractivity contribution < 1.29 is 0 Å². The van der Waals surface area contributed by atoms with Crippen LogP contribution in [-0.2, 0) is 0 Å². The number of nitrogens with one attached hydrogen (secondary N) is 1. The molecule has 1 N–H and O–H groups in total. The topological polar surface area (TPSA) is 24.9 Å². The van der Waals surface area contributed by atoms with Gasteiger partial charge in [-0.3, -0.25) is 0 Å². The van der Waals surface area contributed by atoms with Crippen molar-refractivity contribution in [2.24, 2.45) is 5.92 Å². The summed E-state index contributed by atoms with van der Waals surface area (Å²) in [5.41, 5.74) is 1.11. The normalized spacial score (nSPS) is 25.1. The van der Waals surface area contributed by atoms with Gasteiger partial charge in [0.15, 0.2) is 0 Å². The highest BCUT2D eigenvalue weighted by atomic mass is 32.1. The molecular weight excluding hydrogens is 216 g/mol. The molecule has 1 aliphatic rings. The summed E-state index contributed by atoms with van der Waals surface area (Å²) >= 11 is 1.59. The van der Waals surface area contributed by atoms with Gasteiger partial charge in [0.05, 0.1) is 5.52 Å². The summed E-state index contributed by atoms with van der Waals surface area (Å²) in [6.07, 6.45) is 3.95. The van der Waals surface area contributed by atoms with Crippen LogP contribution in [0.3, 0.4) is 0 Å². The Morgan fingerprint density at radius 1 is 1.31 bits per heavy atom. The highest BCUT2D eigenvalue weighted by Gasteiger charge is 2.22. The molecule has 2 aromatic rings. The third kappa shape index (κ3) is 1.80. The van der Waals surface area contributed by atoms with Crippen LogP contribution in [0.2, 0.25) is 0 Å². The first-order chi connectivity index (χ1) is 7.83. The fourth-order valence-electron chi connectivity index (χ4n) is 2.52. The van der Waals surface area contributed by atoms with Crippen molar-refractivity contribution >= 4 is 27.4 Å². The monoisotopic (exact) mass is 232 g/mol. The molecule has 84 valence electrons. The largest absolute Gasteiger partial charge is 0.372 e. The van der Waals surface area contributed by atoms with Gasteiger partial charge in [-0.1, -0.05) is 19.1 Å². The number of hydrogen-bond acceptors (Lipinski definition) is 3. The maximum absolute atomic E-state index is 4.46. The molecule has 2 nitrogen and oxygen atoms in total. The summed E-state index contributed by atoms with van der Waals surface area (Å²) in [5.74, 6) is 0.872. The fourth-order valence-corrected chi connectivity index (χ4v) is 3.36. The summed E-state index contributed by atoms with van der Waals surface area (Å²) in [6.45, 7) is 2.34. The van der Waals surface area contributed by atoms with Gasteiger partial charge in [0.25, 0.3) is 0 Å². The second-order valence-corrected chi connectivity index (χ2v) is 5.56. The molecule has 3 heteroatoms. The maximum atomic E-state index is 4.46. The van der Waals surface area contributed by atoms with Crippen LogP contribution in [0, 0.1) is 5.92 Å². The van der Waals surface area contributed by atoms with Crippen molar-refractivity contribution in [3.05, 3.63) is 24.3 Å². The Bertz CT molecular complexity index is 491. The Balaban J connectivity index is 1.84. The van der Waals surface area contributed by atoms with Crippen LogP contribution in [-0.4, -0.2) is 10.4 Å². The lowest BCUT2D eigenvalue weighted by Crippen LogP contribution is -2.14. The molecule has 2 unspecified atom stereocenters. The highest BCUT2D eigenvalue weighted by molar-refractivity contribution is 7.11. The Hall–Kier alpha value is -1.09. The van der Waals surface area contributed by atoms with Gasteiger partial charge in [-0.15, -0.1) is 0 Å². The Morgan fingerprint density at radius 3 is 3.00 bits per heavy atom. The third-order valence-electron chi connectivity index (χ3n) is 3.41. The van der Waals surface area contributed by atoms with Gasteiger partial charge in [0.1, 0.15) is 5.00 Å². The lowest BCUT2D eigenvalue weighted by Gasteiger charge is -2.11. The van der Waals surface area contributed by atoms with E-state index >= 15 is 0 Å². The number of anilines is 1. The average Bonchev–Trinajstić information content (AvgIpc) is 2.87. The van der Waals surface area contributed by atoms with Crippen molar-refractivity contribution in [3.63, 3.8) is 0 Å². The van der Waals surface area contributed by atoms with Crippen LogP contribution in [0.1, 0.15) is 26.2 Å². The summed E-state index contributed by atoms with van der Waals surface area (Å²) in [6, 6.07) is 9.01. The number of rotatable bonds is 2. The molecule has 1 aromatic heterocycles. The Labute approximate surface area is 99.8 Å². The molecule has 1 aromatic carbocycles. The Kier molecular flexibility index (Phi) is 2.56. The van der Waals surface area contributed by atoms with Gasteiger partial charge in [-0.05, 0) is 48.8 Å². The van der Waals surface area contributed by atoms with Crippen molar-refractivity contribution in [1.29, 1.82) is 0 Å². The molecule has 0 aliphatic heterocycles. The minimum absolute atomic E-state index is 0.652. The number of benzene rings is 1. The van der Waals surface area contributed by atoms with Crippen LogP contribution >= 0.6 is 11.5 Å². The molecule has 0 amide bonds. The quantitative estimate of drug-likeness (QED) is 0.849. The van der Waals surface area contributed by atoms with E-state index in [0.717, 1.165) is 11.4 Å². The van der Waals surface area contributed by atoms with Crippen LogP contribution in [0.4, 0.5) is 5.00 Å². The maximum Gasteiger partial charge on any atom is 0.117 e. The zero-order valence-corrected chi connectivity index (χ0v) is 10.3. The average molecular weight is 232 g/mol. The molecule has 16 heavy (non-hydrogen) atoms. The number of fused-ring (bicyclic) bond motifs is 1. The molecular formula is C13H16N2S. The second kappa shape index (κ2) is 4.06. The van der Waals surface area contributed by atoms with E-state index in [-0.39, 0.29) is 0 Å². The molecule has 1 aliphatic carbocycles. The van der Waals surface area contributed by atoms with E-state index in [9.17, 15) is 0 Å².